The van der Waals surface area contributed by atoms with Crippen molar-refractivity contribution in [2.45, 2.75) is 19.0 Å². The summed E-state index contributed by atoms with van der Waals surface area (Å²) in [7, 11) is 0. The van der Waals surface area contributed by atoms with Crippen LogP contribution in [0.5, 0.6) is 0 Å². The quantitative estimate of drug-likeness (QED) is 0.421. The molecule has 0 aromatic heterocycles. The molecule has 2 rings (SSSR count). The van der Waals surface area contributed by atoms with Crippen LogP contribution >= 0.6 is 0 Å². The Hall–Kier alpha value is -0.120. The predicted molar refractivity (Wildman–Crippen MR) is 25.2 cm³/mol. The van der Waals surface area contributed by atoms with Gasteiger partial charge >= 0.3 is 0 Å². The molecule has 2 aliphatic heterocycles. The summed E-state index contributed by atoms with van der Waals surface area (Å²) in [4.78, 5) is 0. The molecule has 2 fully saturated rings. The minimum absolute atomic E-state index is 0.0301. The van der Waals surface area contributed by atoms with Gasteiger partial charge in [0.25, 0.3) is 0 Å². The molecule has 2 aliphatic rings. The predicted octanol–water partition coefficient (Wildman–Crippen LogP) is 0.106. The Morgan fingerprint density at radius 1 is 1.00 bits per heavy atom. The van der Waals surface area contributed by atoms with E-state index in [1.54, 1.807) is 0 Å². The van der Waals surface area contributed by atoms with Gasteiger partial charge in [-0.05, 0) is 6.42 Å². The SMILES string of the molecule is C1COC2OC2OC1. The standard InChI is InChI=1S/C5H8O3/c1-2-6-4-5(8-4)7-3-1/h4-5H,1-3H2. The molecule has 46 valence electrons. The van der Waals surface area contributed by atoms with Crippen LogP contribution < -0.4 is 0 Å². The molecule has 2 unspecified atom stereocenters. The van der Waals surface area contributed by atoms with Crippen LogP contribution in [-0.2, 0) is 14.2 Å². The average molecular weight is 116 g/mol. The van der Waals surface area contributed by atoms with Crippen molar-refractivity contribution in [3.8, 4) is 0 Å². The molecule has 2 saturated heterocycles. The Bertz CT molecular complexity index is 83.7. The van der Waals surface area contributed by atoms with Crippen LogP contribution in [0.4, 0.5) is 0 Å². The lowest BCUT2D eigenvalue weighted by molar-refractivity contribution is 0.0213. The molecule has 3 nitrogen and oxygen atoms in total. The monoisotopic (exact) mass is 116 g/mol. The van der Waals surface area contributed by atoms with Crippen molar-refractivity contribution in [1.82, 2.24) is 0 Å². The van der Waals surface area contributed by atoms with Gasteiger partial charge in [0.2, 0.25) is 12.6 Å². The summed E-state index contributed by atoms with van der Waals surface area (Å²) >= 11 is 0. The van der Waals surface area contributed by atoms with Crippen LogP contribution in [0.1, 0.15) is 6.42 Å². The van der Waals surface area contributed by atoms with E-state index in [0.29, 0.717) is 0 Å². The molecule has 0 aromatic carbocycles. The van der Waals surface area contributed by atoms with Crippen molar-refractivity contribution < 1.29 is 14.2 Å². The third-order valence-electron chi connectivity index (χ3n) is 1.27. The Morgan fingerprint density at radius 3 is 2.25 bits per heavy atom. The van der Waals surface area contributed by atoms with E-state index in [-0.39, 0.29) is 12.6 Å². The van der Waals surface area contributed by atoms with E-state index in [1.807, 2.05) is 0 Å². The third kappa shape index (κ3) is 0.727. The molecule has 0 saturated carbocycles. The number of ether oxygens (including phenoxy) is 3. The fraction of sp³-hybridized carbons (Fsp3) is 1.00. The lowest BCUT2D eigenvalue weighted by Crippen LogP contribution is -1.96. The topological polar surface area (TPSA) is 31.0 Å². The Morgan fingerprint density at radius 2 is 1.62 bits per heavy atom. The summed E-state index contributed by atoms with van der Waals surface area (Å²) in [5, 5.41) is 0. The minimum Gasteiger partial charge on any atom is -0.348 e. The van der Waals surface area contributed by atoms with E-state index in [9.17, 15) is 0 Å². The lowest BCUT2D eigenvalue weighted by Gasteiger charge is -1.93. The molecule has 0 spiro atoms. The fourth-order valence-electron chi connectivity index (χ4n) is 0.780. The second-order valence-electron chi connectivity index (χ2n) is 1.97. The van der Waals surface area contributed by atoms with E-state index in [4.69, 9.17) is 14.2 Å². The van der Waals surface area contributed by atoms with Crippen LogP contribution in [-0.4, -0.2) is 25.8 Å². The van der Waals surface area contributed by atoms with Gasteiger partial charge < -0.3 is 14.2 Å². The molecule has 0 amide bonds. The fourth-order valence-corrected chi connectivity index (χ4v) is 0.780. The largest absolute Gasteiger partial charge is 0.348 e. The average Bonchev–Trinajstić information content (AvgIpc) is 2.36. The molecule has 2 heterocycles. The first-order chi connectivity index (χ1) is 3.97. The first-order valence-electron chi connectivity index (χ1n) is 2.85. The molecule has 0 radical (unpaired) electrons. The van der Waals surface area contributed by atoms with Gasteiger partial charge in [0.1, 0.15) is 0 Å². The molecule has 0 aliphatic carbocycles. The van der Waals surface area contributed by atoms with Crippen LogP contribution in [0.25, 0.3) is 0 Å². The molecule has 3 heteroatoms. The zero-order valence-corrected chi connectivity index (χ0v) is 4.50. The Kier molecular flexibility index (Phi) is 0.997. The normalized spacial score (nSPS) is 45.0. The maximum Gasteiger partial charge on any atom is 0.212 e. The van der Waals surface area contributed by atoms with Gasteiger partial charge in [-0.2, -0.15) is 0 Å². The van der Waals surface area contributed by atoms with Gasteiger partial charge in [0, 0.05) is 0 Å². The lowest BCUT2D eigenvalue weighted by atomic mass is 10.5. The molecule has 0 aromatic rings. The second kappa shape index (κ2) is 1.69. The van der Waals surface area contributed by atoms with Gasteiger partial charge in [-0.1, -0.05) is 0 Å². The van der Waals surface area contributed by atoms with E-state index in [0.717, 1.165) is 19.6 Å². The highest BCUT2D eigenvalue weighted by atomic mass is 16.9. The summed E-state index contributed by atoms with van der Waals surface area (Å²) < 4.78 is 15.2. The number of rotatable bonds is 0. The van der Waals surface area contributed by atoms with Crippen molar-refractivity contribution in [3.63, 3.8) is 0 Å². The highest BCUT2D eigenvalue weighted by Gasteiger charge is 2.42. The van der Waals surface area contributed by atoms with Crippen molar-refractivity contribution in [2.75, 3.05) is 13.2 Å². The van der Waals surface area contributed by atoms with Crippen molar-refractivity contribution in [3.05, 3.63) is 0 Å². The van der Waals surface area contributed by atoms with Crippen LogP contribution in [0.2, 0.25) is 0 Å². The third-order valence-corrected chi connectivity index (χ3v) is 1.27. The van der Waals surface area contributed by atoms with E-state index in [2.05, 4.69) is 0 Å². The van der Waals surface area contributed by atoms with E-state index >= 15 is 0 Å². The van der Waals surface area contributed by atoms with Crippen molar-refractivity contribution in [2.24, 2.45) is 0 Å². The van der Waals surface area contributed by atoms with Gasteiger partial charge in [-0.25, -0.2) is 0 Å². The number of fused-ring (bicyclic) bond motifs is 1. The molecule has 8 heavy (non-hydrogen) atoms. The zero-order valence-electron chi connectivity index (χ0n) is 4.50. The van der Waals surface area contributed by atoms with Gasteiger partial charge in [-0.15, -0.1) is 0 Å². The summed E-state index contributed by atoms with van der Waals surface area (Å²) in [5.74, 6) is 0. The molecular weight excluding hydrogens is 108 g/mol. The van der Waals surface area contributed by atoms with Crippen LogP contribution in [0, 0.1) is 0 Å². The number of epoxide rings is 1. The van der Waals surface area contributed by atoms with Crippen molar-refractivity contribution >= 4 is 0 Å². The van der Waals surface area contributed by atoms with Gasteiger partial charge in [0.15, 0.2) is 0 Å². The van der Waals surface area contributed by atoms with E-state index < -0.39 is 0 Å². The highest BCUT2D eigenvalue weighted by molar-refractivity contribution is 4.68. The van der Waals surface area contributed by atoms with Gasteiger partial charge in [0.05, 0.1) is 13.2 Å². The summed E-state index contributed by atoms with van der Waals surface area (Å²) in [6.45, 7) is 1.56. The van der Waals surface area contributed by atoms with Crippen molar-refractivity contribution in [1.29, 1.82) is 0 Å². The number of hydrogen-bond acceptors (Lipinski definition) is 3. The minimum atomic E-state index is -0.0301. The maximum absolute atomic E-state index is 5.13. The first-order valence-corrected chi connectivity index (χ1v) is 2.85. The molecule has 2 atom stereocenters. The smallest absolute Gasteiger partial charge is 0.212 e. The Labute approximate surface area is 47.5 Å². The summed E-state index contributed by atoms with van der Waals surface area (Å²) in [5.41, 5.74) is 0. The van der Waals surface area contributed by atoms with Crippen LogP contribution in [0.15, 0.2) is 0 Å². The molecule has 0 bridgehead atoms. The maximum atomic E-state index is 5.13. The van der Waals surface area contributed by atoms with Crippen LogP contribution in [0.3, 0.4) is 0 Å². The molecular formula is C5H8O3. The highest BCUT2D eigenvalue weighted by Crippen LogP contribution is 2.26. The molecule has 0 N–H and O–H groups in total. The second-order valence-corrected chi connectivity index (χ2v) is 1.97. The Balaban J connectivity index is 1.89. The number of hydrogen-bond donors (Lipinski definition) is 0. The first kappa shape index (κ1) is 4.73. The summed E-state index contributed by atoms with van der Waals surface area (Å²) in [6, 6.07) is 0. The van der Waals surface area contributed by atoms with Gasteiger partial charge in [-0.3, -0.25) is 0 Å². The summed E-state index contributed by atoms with van der Waals surface area (Å²) in [6.07, 6.45) is 0.936. The van der Waals surface area contributed by atoms with E-state index in [1.165, 1.54) is 0 Å². The zero-order chi connectivity index (χ0) is 5.40.